The highest BCUT2D eigenvalue weighted by Crippen LogP contribution is 2.09. The van der Waals surface area contributed by atoms with Crippen molar-refractivity contribution in [2.24, 2.45) is 4.99 Å². The average molecular weight is 340 g/mol. The molecule has 2 rings (SSSR count). The van der Waals surface area contributed by atoms with E-state index in [2.05, 4.69) is 47.7 Å². The third kappa shape index (κ3) is 6.10. The summed E-state index contributed by atoms with van der Waals surface area (Å²) < 4.78 is 1.74. The van der Waals surface area contributed by atoms with E-state index in [-0.39, 0.29) is 5.56 Å². The highest BCUT2D eigenvalue weighted by Gasteiger charge is 2.01. The highest BCUT2D eigenvalue weighted by atomic mass is 16.1. The molecule has 2 aromatic rings. The van der Waals surface area contributed by atoms with Crippen molar-refractivity contribution in [2.75, 3.05) is 13.6 Å². The van der Waals surface area contributed by atoms with Crippen LogP contribution in [0, 0.1) is 13.8 Å². The monoisotopic (exact) mass is 340 g/mol. The number of nitrogens with zero attached hydrogens (tertiary/aromatic N) is 2. The first-order valence-electron chi connectivity index (χ1n) is 8.76. The molecule has 0 aliphatic carbocycles. The molecule has 25 heavy (non-hydrogen) atoms. The SMILES string of the molecule is CN=C(NCCCCn1ccccc1=O)NCc1ccc(C)cc1C. The second-order valence-electron chi connectivity index (χ2n) is 6.22. The predicted molar refractivity (Wildman–Crippen MR) is 104 cm³/mol. The standard InChI is InChI=1S/C20H28N4O/c1-16-9-10-18(17(2)14-16)15-23-20(21-3)22-11-5-7-13-24-12-6-4-8-19(24)25/h4,6,8-10,12,14H,5,7,11,13,15H2,1-3H3,(H2,21,22,23). The van der Waals surface area contributed by atoms with Crippen LogP contribution in [0.4, 0.5) is 0 Å². The van der Waals surface area contributed by atoms with Gasteiger partial charge in [0.25, 0.3) is 0 Å². The molecule has 1 aromatic carbocycles. The van der Waals surface area contributed by atoms with Crippen LogP contribution in [-0.4, -0.2) is 24.1 Å². The van der Waals surface area contributed by atoms with Gasteiger partial charge in [0.1, 0.15) is 0 Å². The molecule has 0 radical (unpaired) electrons. The Balaban J connectivity index is 1.70. The molecule has 0 fully saturated rings. The number of nitrogens with one attached hydrogen (secondary N) is 2. The van der Waals surface area contributed by atoms with Gasteiger partial charge in [0.05, 0.1) is 0 Å². The van der Waals surface area contributed by atoms with E-state index in [1.165, 1.54) is 16.7 Å². The first-order chi connectivity index (χ1) is 12.1. The fourth-order valence-corrected chi connectivity index (χ4v) is 2.70. The number of benzene rings is 1. The van der Waals surface area contributed by atoms with E-state index in [0.29, 0.717) is 0 Å². The van der Waals surface area contributed by atoms with Crippen molar-refractivity contribution in [1.29, 1.82) is 0 Å². The van der Waals surface area contributed by atoms with Gasteiger partial charge < -0.3 is 15.2 Å². The Kier molecular flexibility index (Phi) is 7.26. The van der Waals surface area contributed by atoms with E-state index in [1.807, 2.05) is 12.3 Å². The molecular weight excluding hydrogens is 312 g/mol. The number of aromatic nitrogens is 1. The van der Waals surface area contributed by atoms with E-state index in [4.69, 9.17) is 0 Å². The van der Waals surface area contributed by atoms with Gasteiger partial charge in [-0.25, -0.2) is 0 Å². The fourth-order valence-electron chi connectivity index (χ4n) is 2.70. The predicted octanol–water partition coefficient (Wildman–Crippen LogP) is 2.61. The van der Waals surface area contributed by atoms with Crippen LogP contribution in [0.2, 0.25) is 0 Å². The maximum atomic E-state index is 11.6. The number of guanidine groups is 1. The second kappa shape index (κ2) is 9.67. The summed E-state index contributed by atoms with van der Waals surface area (Å²) in [5.41, 5.74) is 3.90. The summed E-state index contributed by atoms with van der Waals surface area (Å²) in [4.78, 5) is 15.9. The lowest BCUT2D eigenvalue weighted by Crippen LogP contribution is -2.37. The van der Waals surface area contributed by atoms with Gasteiger partial charge in [-0.1, -0.05) is 29.8 Å². The molecule has 5 heteroatoms. The maximum absolute atomic E-state index is 11.6. The first-order valence-corrected chi connectivity index (χ1v) is 8.76. The Morgan fingerprint density at radius 1 is 1.12 bits per heavy atom. The maximum Gasteiger partial charge on any atom is 0.250 e. The van der Waals surface area contributed by atoms with Crippen molar-refractivity contribution in [3.63, 3.8) is 0 Å². The normalized spacial score (nSPS) is 11.4. The van der Waals surface area contributed by atoms with E-state index < -0.39 is 0 Å². The molecule has 0 aliphatic heterocycles. The molecular formula is C20H28N4O. The molecule has 2 N–H and O–H groups in total. The Labute approximate surface area is 149 Å². The Morgan fingerprint density at radius 3 is 2.68 bits per heavy atom. The van der Waals surface area contributed by atoms with E-state index in [1.54, 1.807) is 23.7 Å². The molecule has 0 saturated carbocycles. The number of hydrogen-bond acceptors (Lipinski definition) is 2. The van der Waals surface area contributed by atoms with Gasteiger partial charge >= 0.3 is 0 Å². The van der Waals surface area contributed by atoms with Crippen LogP contribution in [0.1, 0.15) is 29.5 Å². The Hall–Kier alpha value is -2.56. The van der Waals surface area contributed by atoms with Crippen molar-refractivity contribution >= 4 is 5.96 Å². The van der Waals surface area contributed by atoms with Gasteiger partial charge in [0.2, 0.25) is 5.56 Å². The average Bonchev–Trinajstić information content (AvgIpc) is 2.60. The lowest BCUT2D eigenvalue weighted by atomic mass is 10.1. The molecule has 0 aliphatic rings. The molecule has 134 valence electrons. The summed E-state index contributed by atoms with van der Waals surface area (Å²) in [6, 6.07) is 11.7. The first kappa shape index (κ1) is 18.8. The molecule has 1 heterocycles. The summed E-state index contributed by atoms with van der Waals surface area (Å²) in [5, 5.41) is 6.67. The summed E-state index contributed by atoms with van der Waals surface area (Å²) in [5.74, 6) is 0.803. The topological polar surface area (TPSA) is 58.4 Å². The van der Waals surface area contributed by atoms with Crippen molar-refractivity contribution < 1.29 is 0 Å². The number of pyridine rings is 1. The van der Waals surface area contributed by atoms with Crippen LogP contribution >= 0.6 is 0 Å². The zero-order valence-corrected chi connectivity index (χ0v) is 15.4. The van der Waals surface area contributed by atoms with E-state index >= 15 is 0 Å². The van der Waals surface area contributed by atoms with Crippen molar-refractivity contribution in [3.05, 3.63) is 69.6 Å². The van der Waals surface area contributed by atoms with Gasteiger partial charge in [0.15, 0.2) is 5.96 Å². The quantitative estimate of drug-likeness (QED) is 0.463. The lowest BCUT2D eigenvalue weighted by molar-refractivity contribution is 0.585. The Bertz CT molecular complexity index is 764. The second-order valence-corrected chi connectivity index (χ2v) is 6.22. The summed E-state index contributed by atoms with van der Waals surface area (Å²) >= 11 is 0. The zero-order valence-electron chi connectivity index (χ0n) is 15.4. The number of rotatable bonds is 7. The number of aryl methyl sites for hydroxylation is 3. The van der Waals surface area contributed by atoms with E-state index in [9.17, 15) is 4.79 Å². The van der Waals surface area contributed by atoms with Crippen LogP contribution in [0.25, 0.3) is 0 Å². The number of hydrogen-bond donors (Lipinski definition) is 2. The van der Waals surface area contributed by atoms with Gasteiger partial charge in [-0.3, -0.25) is 9.79 Å². The lowest BCUT2D eigenvalue weighted by Gasteiger charge is -2.13. The number of aliphatic imine (C=N–C) groups is 1. The molecule has 0 bridgehead atoms. The van der Waals surface area contributed by atoms with Gasteiger partial charge in [-0.15, -0.1) is 0 Å². The van der Waals surface area contributed by atoms with Crippen molar-refractivity contribution in [3.8, 4) is 0 Å². The van der Waals surface area contributed by atoms with Crippen LogP contribution < -0.4 is 16.2 Å². The zero-order chi connectivity index (χ0) is 18.1. The van der Waals surface area contributed by atoms with Crippen LogP contribution in [0.15, 0.2) is 52.4 Å². The molecule has 1 aromatic heterocycles. The molecule has 0 amide bonds. The van der Waals surface area contributed by atoms with E-state index in [0.717, 1.165) is 38.4 Å². The molecule has 0 spiro atoms. The minimum atomic E-state index is 0.0569. The van der Waals surface area contributed by atoms with Gasteiger partial charge in [-0.05, 0) is 43.9 Å². The van der Waals surface area contributed by atoms with Crippen molar-refractivity contribution in [2.45, 2.75) is 39.8 Å². The Morgan fingerprint density at radius 2 is 1.96 bits per heavy atom. The van der Waals surface area contributed by atoms with Gasteiger partial charge in [0, 0.05) is 38.9 Å². The van der Waals surface area contributed by atoms with Crippen LogP contribution in [0.3, 0.4) is 0 Å². The molecule has 0 saturated heterocycles. The summed E-state index contributed by atoms with van der Waals surface area (Å²) in [6.07, 6.45) is 3.76. The third-order valence-corrected chi connectivity index (χ3v) is 4.19. The van der Waals surface area contributed by atoms with Gasteiger partial charge in [-0.2, -0.15) is 0 Å². The smallest absolute Gasteiger partial charge is 0.250 e. The van der Waals surface area contributed by atoms with Crippen LogP contribution in [0.5, 0.6) is 0 Å². The minimum absolute atomic E-state index is 0.0569. The molecule has 0 unspecified atom stereocenters. The summed E-state index contributed by atoms with van der Waals surface area (Å²) in [7, 11) is 1.78. The fraction of sp³-hybridized carbons (Fsp3) is 0.400. The summed E-state index contributed by atoms with van der Waals surface area (Å²) in [6.45, 7) is 6.56. The molecule has 0 atom stereocenters. The van der Waals surface area contributed by atoms with Crippen molar-refractivity contribution in [1.82, 2.24) is 15.2 Å². The largest absolute Gasteiger partial charge is 0.356 e. The number of unbranched alkanes of at least 4 members (excludes halogenated alkanes) is 1. The minimum Gasteiger partial charge on any atom is -0.356 e. The molecule has 5 nitrogen and oxygen atoms in total. The third-order valence-electron chi connectivity index (χ3n) is 4.19. The van der Waals surface area contributed by atoms with Crippen LogP contribution in [-0.2, 0) is 13.1 Å². The highest BCUT2D eigenvalue weighted by molar-refractivity contribution is 5.79.